The Morgan fingerprint density at radius 2 is 2.15 bits per heavy atom. The number of hydrogen-bond acceptors (Lipinski definition) is 4. The molecule has 0 spiro atoms. The Morgan fingerprint density at radius 3 is 2.85 bits per heavy atom. The Kier molecular flexibility index (Phi) is 1.78. The predicted molar refractivity (Wildman–Crippen MR) is 47.0 cm³/mol. The van der Waals surface area contributed by atoms with Crippen molar-refractivity contribution in [1.82, 2.24) is 5.16 Å². The second-order valence-corrected chi connectivity index (χ2v) is 5.04. The molecule has 0 atom stereocenters. The summed E-state index contributed by atoms with van der Waals surface area (Å²) in [7, 11) is 1.48. The van der Waals surface area contributed by atoms with Gasteiger partial charge in [-0.1, -0.05) is 5.16 Å². The van der Waals surface area contributed by atoms with Crippen molar-refractivity contribution in [1.29, 1.82) is 0 Å². The molecule has 0 aliphatic rings. The predicted octanol–water partition coefficient (Wildman–Crippen LogP) is 1.76. The quantitative estimate of drug-likeness (QED) is 0.683. The van der Waals surface area contributed by atoms with Crippen molar-refractivity contribution in [3.05, 3.63) is 24.5 Å². The molecule has 0 aliphatic carbocycles. The maximum atomic E-state index is 10.9. The average Bonchev–Trinajstić information content (AvgIpc) is 2.47. The molecule has 68 valence electrons. The zero-order valence-electron chi connectivity index (χ0n) is 6.27. The molecular formula is C7H4ClNO3S. The molecule has 2 aromatic rings. The van der Waals surface area contributed by atoms with Gasteiger partial charge in [0.05, 0.1) is 4.90 Å². The number of aromatic nitrogens is 1. The van der Waals surface area contributed by atoms with Crippen LogP contribution in [0.15, 0.2) is 33.9 Å². The highest BCUT2D eigenvalue weighted by Gasteiger charge is 2.10. The molecule has 0 saturated heterocycles. The van der Waals surface area contributed by atoms with E-state index in [0.29, 0.717) is 10.9 Å². The molecule has 6 heteroatoms. The molecule has 0 N–H and O–H groups in total. The van der Waals surface area contributed by atoms with Gasteiger partial charge < -0.3 is 4.52 Å². The first kappa shape index (κ1) is 8.52. The molecule has 0 radical (unpaired) electrons. The SMILES string of the molecule is O=S(=O)(Cl)c1ccc2nocc2c1. The molecular weight excluding hydrogens is 214 g/mol. The number of fused-ring (bicyclic) bond motifs is 1. The molecule has 0 bridgehead atoms. The smallest absolute Gasteiger partial charge is 0.261 e. The summed E-state index contributed by atoms with van der Waals surface area (Å²) in [5.41, 5.74) is 0.601. The first-order chi connectivity index (χ1) is 6.07. The van der Waals surface area contributed by atoms with Crippen LogP contribution < -0.4 is 0 Å². The zero-order valence-corrected chi connectivity index (χ0v) is 7.84. The van der Waals surface area contributed by atoms with Gasteiger partial charge in [-0.2, -0.15) is 0 Å². The molecule has 0 saturated carbocycles. The molecule has 1 aromatic carbocycles. The first-order valence-corrected chi connectivity index (χ1v) is 5.67. The Morgan fingerprint density at radius 1 is 1.38 bits per heavy atom. The van der Waals surface area contributed by atoms with E-state index in [4.69, 9.17) is 10.7 Å². The highest BCUT2D eigenvalue weighted by molar-refractivity contribution is 8.13. The fraction of sp³-hybridized carbons (Fsp3) is 0. The van der Waals surface area contributed by atoms with Gasteiger partial charge in [0.25, 0.3) is 9.05 Å². The minimum Gasteiger partial charge on any atom is -0.364 e. The molecule has 2 rings (SSSR count). The molecule has 4 nitrogen and oxygen atoms in total. The van der Waals surface area contributed by atoms with E-state index in [0.717, 1.165) is 0 Å². The van der Waals surface area contributed by atoms with Crippen molar-refractivity contribution in [2.24, 2.45) is 0 Å². The summed E-state index contributed by atoms with van der Waals surface area (Å²) in [5.74, 6) is 0. The summed E-state index contributed by atoms with van der Waals surface area (Å²) in [5, 5.41) is 4.24. The lowest BCUT2D eigenvalue weighted by molar-refractivity contribution is 0.428. The second-order valence-electron chi connectivity index (χ2n) is 2.47. The lowest BCUT2D eigenvalue weighted by Crippen LogP contribution is -1.88. The molecule has 13 heavy (non-hydrogen) atoms. The third-order valence-electron chi connectivity index (χ3n) is 1.61. The third kappa shape index (κ3) is 1.52. The first-order valence-electron chi connectivity index (χ1n) is 3.36. The molecule has 1 heterocycles. The van der Waals surface area contributed by atoms with Gasteiger partial charge in [-0.15, -0.1) is 0 Å². The highest BCUT2D eigenvalue weighted by atomic mass is 35.7. The summed E-state index contributed by atoms with van der Waals surface area (Å²) in [6.07, 6.45) is 1.36. The summed E-state index contributed by atoms with van der Waals surface area (Å²) >= 11 is 0. The maximum absolute atomic E-state index is 10.9. The van der Waals surface area contributed by atoms with Crippen molar-refractivity contribution in [3.8, 4) is 0 Å². The van der Waals surface area contributed by atoms with Crippen LogP contribution in [0, 0.1) is 0 Å². The van der Waals surface area contributed by atoms with Gasteiger partial charge in [-0.05, 0) is 18.2 Å². The van der Waals surface area contributed by atoms with Crippen molar-refractivity contribution >= 4 is 30.6 Å². The highest BCUT2D eigenvalue weighted by Crippen LogP contribution is 2.20. The van der Waals surface area contributed by atoms with Crippen molar-refractivity contribution in [2.75, 3.05) is 0 Å². The van der Waals surface area contributed by atoms with Crippen LogP contribution in [0.2, 0.25) is 0 Å². The number of rotatable bonds is 1. The van der Waals surface area contributed by atoms with Gasteiger partial charge >= 0.3 is 0 Å². The summed E-state index contributed by atoms with van der Waals surface area (Å²) < 4.78 is 26.5. The fourth-order valence-corrected chi connectivity index (χ4v) is 1.79. The summed E-state index contributed by atoms with van der Waals surface area (Å²) in [6.45, 7) is 0. The molecule has 1 aromatic heterocycles. The fourth-order valence-electron chi connectivity index (χ4n) is 1.00. The van der Waals surface area contributed by atoms with Gasteiger partial charge in [0.15, 0.2) is 0 Å². The van der Waals surface area contributed by atoms with Crippen LogP contribution in [0.25, 0.3) is 10.9 Å². The minimum atomic E-state index is -3.67. The summed E-state index contributed by atoms with van der Waals surface area (Å²) in [4.78, 5) is 0.0462. The van der Waals surface area contributed by atoms with Crippen LogP contribution in [-0.2, 0) is 9.05 Å². The van der Waals surface area contributed by atoms with E-state index in [-0.39, 0.29) is 4.90 Å². The monoisotopic (exact) mass is 217 g/mol. The van der Waals surface area contributed by atoms with Gasteiger partial charge in [0.1, 0.15) is 11.8 Å². The average molecular weight is 218 g/mol. The zero-order chi connectivity index (χ0) is 9.47. The minimum absolute atomic E-state index is 0.0462. The van der Waals surface area contributed by atoms with E-state index in [1.807, 2.05) is 0 Å². The Labute approximate surface area is 78.5 Å². The van der Waals surface area contributed by atoms with Crippen LogP contribution in [-0.4, -0.2) is 13.6 Å². The maximum Gasteiger partial charge on any atom is 0.261 e. The lowest BCUT2D eigenvalue weighted by atomic mass is 10.3. The Balaban J connectivity index is 2.75. The third-order valence-corrected chi connectivity index (χ3v) is 2.96. The Hall–Kier alpha value is -1.07. The van der Waals surface area contributed by atoms with Gasteiger partial charge in [-0.3, -0.25) is 0 Å². The Bertz CT molecular complexity index is 546. The van der Waals surface area contributed by atoms with E-state index in [1.54, 1.807) is 0 Å². The number of benzene rings is 1. The topological polar surface area (TPSA) is 60.2 Å². The van der Waals surface area contributed by atoms with Crippen molar-refractivity contribution in [3.63, 3.8) is 0 Å². The molecule has 0 amide bonds. The van der Waals surface area contributed by atoms with E-state index in [9.17, 15) is 8.42 Å². The standard InChI is InChI=1S/C7H4ClNO3S/c8-13(10,11)6-1-2-7-5(3-6)4-12-9-7/h1-4H. The van der Waals surface area contributed by atoms with E-state index in [1.165, 1.54) is 24.5 Å². The van der Waals surface area contributed by atoms with Crippen LogP contribution in [0.5, 0.6) is 0 Å². The normalized spacial score (nSPS) is 12.1. The van der Waals surface area contributed by atoms with Crippen LogP contribution in [0.4, 0.5) is 0 Å². The number of halogens is 1. The van der Waals surface area contributed by atoms with Gasteiger partial charge in [0, 0.05) is 16.1 Å². The second kappa shape index (κ2) is 2.71. The van der Waals surface area contributed by atoms with Crippen LogP contribution in [0.3, 0.4) is 0 Å². The molecule has 0 unspecified atom stereocenters. The van der Waals surface area contributed by atoms with Gasteiger partial charge in [-0.25, -0.2) is 8.42 Å². The summed E-state index contributed by atoms with van der Waals surface area (Å²) in [6, 6.07) is 4.33. The van der Waals surface area contributed by atoms with Crippen LogP contribution >= 0.6 is 10.7 Å². The molecule has 0 fully saturated rings. The largest absolute Gasteiger partial charge is 0.364 e. The lowest BCUT2D eigenvalue weighted by Gasteiger charge is -1.93. The number of nitrogens with zero attached hydrogens (tertiary/aromatic N) is 1. The van der Waals surface area contributed by atoms with E-state index < -0.39 is 9.05 Å². The van der Waals surface area contributed by atoms with Gasteiger partial charge in [0.2, 0.25) is 0 Å². The van der Waals surface area contributed by atoms with E-state index in [2.05, 4.69) is 9.68 Å². The van der Waals surface area contributed by atoms with Crippen molar-refractivity contribution < 1.29 is 12.9 Å². The van der Waals surface area contributed by atoms with Crippen molar-refractivity contribution in [2.45, 2.75) is 4.90 Å². The van der Waals surface area contributed by atoms with E-state index >= 15 is 0 Å². The van der Waals surface area contributed by atoms with Crippen LogP contribution in [0.1, 0.15) is 0 Å². The number of hydrogen-bond donors (Lipinski definition) is 0. The molecule has 0 aliphatic heterocycles.